The van der Waals surface area contributed by atoms with Gasteiger partial charge in [0.25, 0.3) is 0 Å². The van der Waals surface area contributed by atoms with Crippen molar-refractivity contribution in [3.05, 3.63) is 52.6 Å². The summed E-state index contributed by atoms with van der Waals surface area (Å²) in [5.41, 5.74) is 4.56. The number of allylic oxidation sites excluding steroid dienone is 3. The van der Waals surface area contributed by atoms with Crippen LogP contribution >= 0.6 is 13.5 Å². The molecule has 1 saturated carbocycles. The minimum Gasteiger partial charge on any atom is -0.497 e. The van der Waals surface area contributed by atoms with Crippen molar-refractivity contribution >= 4 is 25.1 Å². The zero-order valence-corrected chi connectivity index (χ0v) is 18.7. The third-order valence-corrected chi connectivity index (χ3v) is 7.69. The summed E-state index contributed by atoms with van der Waals surface area (Å²) in [4.78, 5) is 24.9. The van der Waals surface area contributed by atoms with Crippen LogP contribution in [0, 0.1) is 17.3 Å². The van der Waals surface area contributed by atoms with Gasteiger partial charge >= 0.3 is 0 Å². The molecule has 3 aliphatic carbocycles. The van der Waals surface area contributed by atoms with Gasteiger partial charge in [-0.15, -0.1) is 0 Å². The van der Waals surface area contributed by atoms with Gasteiger partial charge in [0.2, 0.25) is 0 Å². The van der Waals surface area contributed by atoms with Gasteiger partial charge in [0, 0.05) is 12.8 Å². The second-order valence-electron chi connectivity index (χ2n) is 9.16. The van der Waals surface area contributed by atoms with Crippen molar-refractivity contribution in [3.8, 4) is 5.75 Å². The number of hydrogen-bond donors (Lipinski definition) is 0. The Kier molecular flexibility index (Phi) is 5.71. The maximum absolute atomic E-state index is 12.8. The average molecular weight is 427 g/mol. The molecule has 1 aliphatic heterocycles. The van der Waals surface area contributed by atoms with Gasteiger partial charge in [-0.1, -0.05) is 19.1 Å². The molecule has 1 aromatic carbocycles. The highest BCUT2D eigenvalue weighted by molar-refractivity contribution is 7.59. The van der Waals surface area contributed by atoms with E-state index in [4.69, 9.17) is 9.47 Å². The van der Waals surface area contributed by atoms with E-state index in [2.05, 4.69) is 19.1 Å². The summed E-state index contributed by atoms with van der Waals surface area (Å²) in [5.74, 6) is 2.09. The van der Waals surface area contributed by atoms with Gasteiger partial charge < -0.3 is 9.47 Å². The summed E-state index contributed by atoms with van der Waals surface area (Å²) in [7, 11) is 1.67. The van der Waals surface area contributed by atoms with Gasteiger partial charge in [0.05, 0.1) is 19.1 Å². The summed E-state index contributed by atoms with van der Waals surface area (Å²) in [6.45, 7) is 2.58. The Morgan fingerprint density at radius 3 is 2.53 bits per heavy atom. The van der Waals surface area contributed by atoms with Crippen LogP contribution in [0.25, 0.3) is 0 Å². The third-order valence-electron chi connectivity index (χ3n) is 7.69. The number of Topliss-reactive ketones (excluding diaryl/α,β-unsaturated/α-hetero) is 1. The summed E-state index contributed by atoms with van der Waals surface area (Å²) < 4.78 is 11.9. The molecule has 1 saturated heterocycles. The Balaban J connectivity index is 0.00000218. The molecule has 30 heavy (non-hydrogen) atoms. The van der Waals surface area contributed by atoms with Gasteiger partial charge in [-0.3, -0.25) is 9.59 Å². The zero-order valence-electron chi connectivity index (χ0n) is 17.7. The van der Waals surface area contributed by atoms with Crippen LogP contribution in [0.15, 0.2) is 47.1 Å². The molecule has 0 spiro atoms. The quantitative estimate of drug-likeness (QED) is 0.678. The average Bonchev–Trinajstić information content (AvgIpc) is 2.95. The summed E-state index contributed by atoms with van der Waals surface area (Å²) in [6, 6.07) is 8.10. The molecule has 4 atom stereocenters. The van der Waals surface area contributed by atoms with E-state index in [0.29, 0.717) is 37.1 Å². The lowest BCUT2D eigenvalue weighted by Crippen LogP contribution is -2.36. The van der Waals surface area contributed by atoms with E-state index < -0.39 is 5.41 Å². The van der Waals surface area contributed by atoms with E-state index in [-0.39, 0.29) is 25.4 Å². The first kappa shape index (κ1) is 21.4. The molecule has 0 aromatic heterocycles. The number of carbonyl (C=O) groups is 2. The van der Waals surface area contributed by atoms with Crippen molar-refractivity contribution in [3.63, 3.8) is 0 Å². The summed E-state index contributed by atoms with van der Waals surface area (Å²) in [5, 5.41) is 0. The first-order valence-corrected chi connectivity index (χ1v) is 10.8. The molecule has 4 aliphatic rings. The second kappa shape index (κ2) is 8.01. The molecular weight excluding hydrogens is 396 g/mol. The molecule has 1 heterocycles. The first-order valence-electron chi connectivity index (χ1n) is 10.8. The predicted octanol–water partition coefficient (Wildman–Crippen LogP) is 4.86. The number of hydrogen-bond acceptors (Lipinski definition) is 4. The smallest absolute Gasteiger partial charge is 0.156 e. The number of benzene rings is 1. The number of ether oxygens (including phenoxy) is 2. The molecule has 0 amide bonds. The van der Waals surface area contributed by atoms with Crippen LogP contribution in [0.4, 0.5) is 0 Å². The van der Waals surface area contributed by atoms with Crippen LogP contribution in [0.1, 0.15) is 57.1 Å². The van der Waals surface area contributed by atoms with Crippen LogP contribution in [-0.4, -0.2) is 25.3 Å². The molecule has 0 bridgehead atoms. The van der Waals surface area contributed by atoms with E-state index >= 15 is 0 Å². The SMILES string of the molecule is COc1ccc([C@@H]2OC[C@]3(C)C(=O)CCC3C3CCC4=CC(=O)CCC4=C32)cc1.S. The highest BCUT2D eigenvalue weighted by Gasteiger charge is 2.54. The van der Waals surface area contributed by atoms with Crippen molar-refractivity contribution in [1.29, 1.82) is 0 Å². The molecule has 0 radical (unpaired) electrons. The van der Waals surface area contributed by atoms with Crippen molar-refractivity contribution in [2.24, 2.45) is 17.3 Å². The Morgan fingerprint density at radius 2 is 1.80 bits per heavy atom. The summed E-state index contributed by atoms with van der Waals surface area (Å²) in [6.07, 6.45) is 6.62. The minimum absolute atomic E-state index is 0. The number of fused-ring (bicyclic) bond motifs is 4. The van der Waals surface area contributed by atoms with Crippen LogP contribution in [0.3, 0.4) is 0 Å². The fraction of sp³-hybridized carbons (Fsp3) is 0.520. The van der Waals surface area contributed by atoms with Gasteiger partial charge in [-0.05, 0) is 78.0 Å². The predicted molar refractivity (Wildman–Crippen MR) is 120 cm³/mol. The van der Waals surface area contributed by atoms with Crippen molar-refractivity contribution in [2.75, 3.05) is 13.7 Å². The highest BCUT2D eigenvalue weighted by atomic mass is 32.1. The molecule has 2 unspecified atom stereocenters. The molecule has 1 aromatic rings. The van der Waals surface area contributed by atoms with E-state index in [1.807, 2.05) is 18.2 Å². The Morgan fingerprint density at radius 1 is 1.03 bits per heavy atom. The van der Waals surface area contributed by atoms with Crippen molar-refractivity contribution in [1.82, 2.24) is 0 Å². The molecule has 0 N–H and O–H groups in total. The zero-order chi connectivity index (χ0) is 20.2. The number of carbonyl (C=O) groups excluding carboxylic acids is 2. The molecular formula is C25H30O4S. The fourth-order valence-electron chi connectivity index (χ4n) is 6.11. The Labute approximate surface area is 185 Å². The lowest BCUT2D eigenvalue weighted by molar-refractivity contribution is -0.130. The largest absolute Gasteiger partial charge is 0.497 e. The van der Waals surface area contributed by atoms with E-state index in [0.717, 1.165) is 37.0 Å². The Hall–Kier alpha value is -1.85. The van der Waals surface area contributed by atoms with Crippen molar-refractivity contribution < 1.29 is 19.1 Å². The van der Waals surface area contributed by atoms with Gasteiger partial charge in [-0.25, -0.2) is 0 Å². The van der Waals surface area contributed by atoms with Crippen LogP contribution in [0.2, 0.25) is 0 Å². The van der Waals surface area contributed by atoms with Crippen LogP contribution in [-0.2, 0) is 14.3 Å². The minimum atomic E-state index is -0.399. The monoisotopic (exact) mass is 426 g/mol. The number of ketones is 2. The fourth-order valence-corrected chi connectivity index (χ4v) is 6.11. The van der Waals surface area contributed by atoms with E-state index in [1.165, 1.54) is 16.7 Å². The standard InChI is InChI=1S/C25H28O4.H2S/c1-25-14-29-24(15-3-7-18(28-2)8-4-15)23-19-10-6-17(26)13-16(19)5-9-20(23)21(25)11-12-22(25)27;/h3-4,7-8,13,20-21,24H,5-6,9-12,14H2,1-2H3;1H2/t20?,21?,24-,25-;/m0./s1. The van der Waals surface area contributed by atoms with Crippen molar-refractivity contribution in [2.45, 2.75) is 51.6 Å². The highest BCUT2D eigenvalue weighted by Crippen LogP contribution is 2.57. The van der Waals surface area contributed by atoms with Gasteiger partial charge in [0.1, 0.15) is 17.6 Å². The Bertz CT molecular complexity index is 929. The van der Waals surface area contributed by atoms with Gasteiger partial charge in [-0.2, -0.15) is 13.5 Å². The lowest BCUT2D eigenvalue weighted by atomic mass is 9.64. The lowest BCUT2D eigenvalue weighted by Gasteiger charge is -2.39. The van der Waals surface area contributed by atoms with E-state index in [9.17, 15) is 9.59 Å². The number of methoxy groups -OCH3 is 1. The molecule has 2 fully saturated rings. The molecule has 5 rings (SSSR count). The first-order chi connectivity index (χ1) is 14.0. The normalized spacial score (nSPS) is 33.0. The maximum Gasteiger partial charge on any atom is 0.156 e. The second-order valence-corrected chi connectivity index (χ2v) is 9.16. The van der Waals surface area contributed by atoms with Gasteiger partial charge in [0.15, 0.2) is 5.78 Å². The third kappa shape index (κ3) is 3.27. The number of rotatable bonds is 2. The molecule has 4 nitrogen and oxygen atoms in total. The molecule has 160 valence electrons. The maximum atomic E-state index is 12.8. The summed E-state index contributed by atoms with van der Waals surface area (Å²) >= 11 is 0. The molecule has 5 heteroatoms. The van der Waals surface area contributed by atoms with Crippen LogP contribution < -0.4 is 4.74 Å². The van der Waals surface area contributed by atoms with Crippen LogP contribution in [0.5, 0.6) is 5.75 Å². The van der Waals surface area contributed by atoms with E-state index in [1.54, 1.807) is 7.11 Å². The topological polar surface area (TPSA) is 52.6 Å².